The minimum atomic E-state index is 0.219. The van der Waals surface area contributed by atoms with Crippen LogP contribution in [0.4, 0.5) is 0 Å². The zero-order valence-electron chi connectivity index (χ0n) is 13.8. The molecular weight excluding hydrogens is 248 g/mol. The molecule has 3 N–H and O–H groups in total. The lowest BCUT2D eigenvalue weighted by Gasteiger charge is -2.14. The van der Waals surface area contributed by atoms with Crippen LogP contribution in [0.5, 0.6) is 0 Å². The molecule has 0 saturated heterocycles. The molecule has 0 aliphatic rings. The van der Waals surface area contributed by atoms with Gasteiger partial charge in [0.05, 0.1) is 0 Å². The molecule has 0 radical (unpaired) electrons. The van der Waals surface area contributed by atoms with Crippen LogP contribution in [-0.4, -0.2) is 19.0 Å². The molecule has 0 rings (SSSR count). The molecule has 0 bridgehead atoms. The Kier molecular flexibility index (Phi) is 14.4. The van der Waals surface area contributed by atoms with E-state index in [0.717, 1.165) is 32.4 Å². The summed E-state index contributed by atoms with van der Waals surface area (Å²) in [5.41, 5.74) is 5.61. The van der Waals surface area contributed by atoms with E-state index < -0.39 is 0 Å². The lowest BCUT2D eigenvalue weighted by atomic mass is 9.94. The summed E-state index contributed by atoms with van der Waals surface area (Å²) in [4.78, 5) is 11.7. The van der Waals surface area contributed by atoms with Gasteiger partial charge in [0.1, 0.15) is 0 Å². The topological polar surface area (TPSA) is 55.1 Å². The highest BCUT2D eigenvalue weighted by atomic mass is 16.1. The summed E-state index contributed by atoms with van der Waals surface area (Å²) < 4.78 is 0. The molecule has 1 amide bonds. The Morgan fingerprint density at radius 3 is 2.30 bits per heavy atom. The Bertz CT molecular complexity index is 213. The quantitative estimate of drug-likeness (QED) is 0.474. The van der Waals surface area contributed by atoms with Gasteiger partial charge in [-0.2, -0.15) is 0 Å². The molecule has 0 aromatic heterocycles. The summed E-state index contributed by atoms with van der Waals surface area (Å²) in [6, 6.07) is 0. The third kappa shape index (κ3) is 12.5. The average Bonchev–Trinajstić information content (AvgIpc) is 2.44. The number of carbonyl (C=O) groups excluding carboxylic acids is 1. The number of hydrogen-bond donors (Lipinski definition) is 2. The van der Waals surface area contributed by atoms with E-state index in [1.807, 2.05) is 0 Å². The zero-order valence-corrected chi connectivity index (χ0v) is 13.8. The minimum absolute atomic E-state index is 0.219. The first-order valence-electron chi connectivity index (χ1n) is 8.71. The summed E-state index contributed by atoms with van der Waals surface area (Å²) in [5, 5.41) is 3.04. The maximum atomic E-state index is 11.7. The van der Waals surface area contributed by atoms with Crippen LogP contribution in [-0.2, 0) is 4.79 Å². The molecule has 20 heavy (non-hydrogen) atoms. The van der Waals surface area contributed by atoms with Crippen LogP contribution in [0.1, 0.15) is 84.5 Å². The first kappa shape index (κ1) is 19.4. The predicted octanol–water partition coefficient (Wildman–Crippen LogP) is 4.01. The van der Waals surface area contributed by atoms with E-state index in [9.17, 15) is 4.79 Å². The van der Waals surface area contributed by atoms with Crippen LogP contribution in [0.25, 0.3) is 0 Å². The Balaban J connectivity index is 3.47. The van der Waals surface area contributed by atoms with Gasteiger partial charge in [-0.1, -0.05) is 58.8 Å². The molecular formula is C17H36N2O. The lowest BCUT2D eigenvalue weighted by Crippen LogP contribution is -2.25. The van der Waals surface area contributed by atoms with Crippen LogP contribution < -0.4 is 11.1 Å². The van der Waals surface area contributed by atoms with Crippen molar-refractivity contribution in [1.82, 2.24) is 5.32 Å². The molecule has 0 fully saturated rings. The number of rotatable bonds is 14. The maximum absolute atomic E-state index is 11.7. The Morgan fingerprint density at radius 1 is 0.950 bits per heavy atom. The number of nitrogens with one attached hydrogen (secondary N) is 1. The van der Waals surface area contributed by atoms with E-state index >= 15 is 0 Å². The van der Waals surface area contributed by atoms with Crippen molar-refractivity contribution >= 4 is 5.91 Å². The van der Waals surface area contributed by atoms with Gasteiger partial charge < -0.3 is 11.1 Å². The summed E-state index contributed by atoms with van der Waals surface area (Å²) in [6.45, 7) is 6.02. The van der Waals surface area contributed by atoms with Crippen molar-refractivity contribution in [2.75, 3.05) is 13.1 Å². The second-order valence-electron chi connectivity index (χ2n) is 5.89. The van der Waals surface area contributed by atoms with Gasteiger partial charge in [0, 0.05) is 13.0 Å². The number of amides is 1. The van der Waals surface area contributed by atoms with Gasteiger partial charge in [0.15, 0.2) is 0 Å². The Labute approximate surface area is 126 Å². The van der Waals surface area contributed by atoms with Crippen LogP contribution >= 0.6 is 0 Å². The number of nitrogens with two attached hydrogens (primary N) is 1. The Hall–Kier alpha value is -0.570. The van der Waals surface area contributed by atoms with E-state index in [4.69, 9.17) is 5.73 Å². The second kappa shape index (κ2) is 14.8. The minimum Gasteiger partial charge on any atom is -0.356 e. The molecule has 0 spiro atoms. The molecule has 0 heterocycles. The average molecular weight is 284 g/mol. The lowest BCUT2D eigenvalue weighted by molar-refractivity contribution is -0.121. The molecule has 0 saturated carbocycles. The fraction of sp³-hybridized carbons (Fsp3) is 0.941. The van der Waals surface area contributed by atoms with Crippen molar-refractivity contribution in [3.8, 4) is 0 Å². The van der Waals surface area contributed by atoms with Gasteiger partial charge in [-0.25, -0.2) is 0 Å². The van der Waals surface area contributed by atoms with Crippen molar-refractivity contribution in [2.24, 2.45) is 11.7 Å². The van der Waals surface area contributed by atoms with Crippen molar-refractivity contribution in [3.63, 3.8) is 0 Å². The van der Waals surface area contributed by atoms with Crippen LogP contribution in [0.15, 0.2) is 0 Å². The smallest absolute Gasteiger partial charge is 0.220 e. The summed E-state index contributed by atoms with van der Waals surface area (Å²) >= 11 is 0. The Morgan fingerprint density at radius 2 is 1.65 bits per heavy atom. The maximum Gasteiger partial charge on any atom is 0.220 e. The molecule has 0 aliphatic carbocycles. The SMILES string of the molecule is CCCCCCCCNC(=O)CCC(CCC)CCN. The highest BCUT2D eigenvalue weighted by Crippen LogP contribution is 2.16. The van der Waals surface area contributed by atoms with Crippen molar-refractivity contribution < 1.29 is 4.79 Å². The van der Waals surface area contributed by atoms with E-state index in [-0.39, 0.29) is 5.91 Å². The van der Waals surface area contributed by atoms with E-state index in [1.165, 1.54) is 44.9 Å². The van der Waals surface area contributed by atoms with Crippen LogP contribution in [0.3, 0.4) is 0 Å². The summed E-state index contributed by atoms with van der Waals surface area (Å²) in [7, 11) is 0. The normalized spacial score (nSPS) is 12.3. The highest BCUT2D eigenvalue weighted by Gasteiger charge is 2.09. The molecule has 0 aromatic rings. The van der Waals surface area contributed by atoms with Gasteiger partial charge in [-0.3, -0.25) is 4.79 Å². The van der Waals surface area contributed by atoms with Crippen LogP contribution in [0, 0.1) is 5.92 Å². The van der Waals surface area contributed by atoms with Gasteiger partial charge in [0.25, 0.3) is 0 Å². The molecule has 0 aliphatic heterocycles. The molecule has 1 atom stereocenters. The summed E-state index contributed by atoms with van der Waals surface area (Å²) in [6.07, 6.45) is 12.7. The summed E-state index contributed by atoms with van der Waals surface area (Å²) in [5.74, 6) is 0.849. The molecule has 1 unspecified atom stereocenters. The highest BCUT2D eigenvalue weighted by molar-refractivity contribution is 5.75. The predicted molar refractivity (Wildman–Crippen MR) is 87.7 cm³/mol. The second-order valence-corrected chi connectivity index (χ2v) is 5.89. The standard InChI is InChI=1S/C17H36N2O/c1-3-5-6-7-8-9-15-19-17(20)12-11-16(10-4-2)13-14-18/h16H,3-15,18H2,1-2H3,(H,19,20). The largest absolute Gasteiger partial charge is 0.356 e. The molecule has 3 nitrogen and oxygen atoms in total. The van der Waals surface area contributed by atoms with E-state index in [2.05, 4.69) is 19.2 Å². The van der Waals surface area contributed by atoms with Gasteiger partial charge in [0.2, 0.25) is 5.91 Å². The van der Waals surface area contributed by atoms with E-state index in [1.54, 1.807) is 0 Å². The first-order valence-corrected chi connectivity index (χ1v) is 8.71. The van der Waals surface area contributed by atoms with Gasteiger partial charge in [-0.15, -0.1) is 0 Å². The third-order valence-corrected chi connectivity index (χ3v) is 3.90. The monoisotopic (exact) mass is 284 g/mol. The molecule has 120 valence electrons. The van der Waals surface area contributed by atoms with Crippen molar-refractivity contribution in [3.05, 3.63) is 0 Å². The molecule has 3 heteroatoms. The zero-order chi connectivity index (χ0) is 15.1. The third-order valence-electron chi connectivity index (χ3n) is 3.90. The number of carbonyl (C=O) groups is 1. The van der Waals surface area contributed by atoms with Crippen molar-refractivity contribution in [2.45, 2.75) is 84.5 Å². The molecule has 0 aromatic carbocycles. The fourth-order valence-corrected chi connectivity index (χ4v) is 2.63. The number of hydrogen-bond acceptors (Lipinski definition) is 2. The van der Waals surface area contributed by atoms with Crippen LogP contribution in [0.2, 0.25) is 0 Å². The van der Waals surface area contributed by atoms with Gasteiger partial charge in [-0.05, 0) is 31.7 Å². The first-order chi connectivity index (χ1) is 9.74. The van der Waals surface area contributed by atoms with E-state index in [0.29, 0.717) is 12.3 Å². The number of unbranched alkanes of at least 4 members (excludes halogenated alkanes) is 5. The fourth-order valence-electron chi connectivity index (χ4n) is 2.63. The van der Waals surface area contributed by atoms with Gasteiger partial charge >= 0.3 is 0 Å². The van der Waals surface area contributed by atoms with Crippen molar-refractivity contribution in [1.29, 1.82) is 0 Å².